The Morgan fingerprint density at radius 1 is 1.24 bits per heavy atom. The Morgan fingerprint density at radius 2 is 1.96 bits per heavy atom. The molecule has 0 saturated carbocycles. The zero-order valence-corrected chi connectivity index (χ0v) is 15.5. The molecule has 0 spiro atoms. The van der Waals surface area contributed by atoms with E-state index in [9.17, 15) is 13.2 Å². The first-order valence-electron chi connectivity index (χ1n) is 7.78. The van der Waals surface area contributed by atoms with E-state index >= 15 is 0 Å². The van der Waals surface area contributed by atoms with E-state index < -0.39 is 16.1 Å². The molecule has 25 heavy (non-hydrogen) atoms. The van der Waals surface area contributed by atoms with Gasteiger partial charge in [-0.2, -0.15) is 5.10 Å². The van der Waals surface area contributed by atoms with Crippen molar-refractivity contribution >= 4 is 15.9 Å². The zero-order chi connectivity index (χ0) is 18.6. The predicted octanol–water partition coefficient (Wildman–Crippen LogP) is 0.466. The van der Waals surface area contributed by atoms with Gasteiger partial charge in [-0.25, -0.2) is 13.1 Å². The largest absolute Gasteiger partial charge is 0.348 e. The maximum atomic E-state index is 12.6. The molecule has 0 radical (unpaired) electrons. The Kier molecular flexibility index (Phi) is 5.93. The van der Waals surface area contributed by atoms with Gasteiger partial charge in [-0.05, 0) is 38.7 Å². The first-order chi connectivity index (χ1) is 11.8. The number of amides is 1. The van der Waals surface area contributed by atoms with E-state index in [0.29, 0.717) is 5.56 Å². The summed E-state index contributed by atoms with van der Waals surface area (Å²) in [7, 11) is 1.31. The molecule has 2 atom stereocenters. The third-order valence-electron chi connectivity index (χ3n) is 3.90. The Morgan fingerprint density at radius 3 is 2.52 bits per heavy atom. The van der Waals surface area contributed by atoms with E-state index in [0.717, 1.165) is 5.56 Å². The Hall–Kier alpha value is -2.23. The molecule has 136 valence electrons. The fourth-order valence-electron chi connectivity index (χ4n) is 2.49. The molecule has 8 nitrogen and oxygen atoms in total. The van der Waals surface area contributed by atoms with E-state index in [4.69, 9.17) is 0 Å². The van der Waals surface area contributed by atoms with Crippen LogP contribution < -0.4 is 15.4 Å². The van der Waals surface area contributed by atoms with E-state index in [1.807, 2.05) is 0 Å². The van der Waals surface area contributed by atoms with Crippen LogP contribution >= 0.6 is 0 Å². The minimum atomic E-state index is -3.53. The van der Waals surface area contributed by atoms with Gasteiger partial charge in [0.1, 0.15) is 6.04 Å². The van der Waals surface area contributed by atoms with Crippen LogP contribution in [0.2, 0.25) is 0 Å². The number of aromatic nitrogens is 2. The molecule has 0 aliphatic carbocycles. The summed E-state index contributed by atoms with van der Waals surface area (Å²) >= 11 is 0. The second-order valence-corrected chi connectivity index (χ2v) is 7.57. The molecular weight excluding hydrogens is 342 g/mol. The van der Waals surface area contributed by atoms with E-state index in [-0.39, 0.29) is 16.8 Å². The zero-order valence-electron chi connectivity index (χ0n) is 14.6. The van der Waals surface area contributed by atoms with Gasteiger partial charge in [0.2, 0.25) is 15.9 Å². The molecular formula is C16H23N5O3S. The summed E-state index contributed by atoms with van der Waals surface area (Å²) in [5.74, 6) is -0.218. The number of nitrogens with zero attached hydrogens (tertiary/aromatic N) is 2. The van der Waals surface area contributed by atoms with E-state index in [1.165, 1.54) is 13.1 Å². The summed E-state index contributed by atoms with van der Waals surface area (Å²) < 4.78 is 27.8. The molecule has 1 heterocycles. The lowest BCUT2D eigenvalue weighted by Gasteiger charge is -2.20. The van der Waals surface area contributed by atoms with E-state index in [1.54, 1.807) is 56.3 Å². The van der Waals surface area contributed by atoms with Gasteiger partial charge in [0.25, 0.3) is 0 Å². The Labute approximate surface area is 147 Å². The number of sulfonamides is 1. The lowest BCUT2D eigenvalue weighted by Crippen LogP contribution is -2.37. The van der Waals surface area contributed by atoms with Crippen molar-refractivity contribution in [3.05, 3.63) is 47.8 Å². The highest BCUT2D eigenvalue weighted by atomic mass is 32.2. The molecule has 2 unspecified atom stereocenters. The van der Waals surface area contributed by atoms with Gasteiger partial charge in [0.05, 0.1) is 17.1 Å². The van der Waals surface area contributed by atoms with Crippen LogP contribution in [0.4, 0.5) is 0 Å². The molecule has 2 aromatic rings. The predicted molar refractivity (Wildman–Crippen MR) is 94.3 cm³/mol. The first kappa shape index (κ1) is 19.1. The highest BCUT2D eigenvalue weighted by molar-refractivity contribution is 7.89. The number of rotatable bonds is 7. The number of aryl methyl sites for hydroxylation is 1. The normalized spacial score (nSPS) is 14.1. The third kappa shape index (κ3) is 4.44. The molecule has 1 aromatic carbocycles. The molecule has 9 heteroatoms. The SMILES string of the molecule is CNC(C(=O)NC(C)c1cccc(S(=O)(=O)NC)c1)c1cnn(C)c1. The lowest BCUT2D eigenvalue weighted by atomic mass is 10.1. The molecule has 2 rings (SSSR count). The molecule has 0 aliphatic heterocycles. The molecule has 0 aliphatic rings. The van der Waals surface area contributed by atoms with Crippen molar-refractivity contribution < 1.29 is 13.2 Å². The van der Waals surface area contributed by atoms with Crippen LogP contribution in [-0.2, 0) is 21.9 Å². The fourth-order valence-corrected chi connectivity index (χ4v) is 3.27. The quantitative estimate of drug-likeness (QED) is 0.661. The van der Waals surface area contributed by atoms with Crippen molar-refractivity contribution in [2.24, 2.45) is 7.05 Å². The van der Waals surface area contributed by atoms with Crippen molar-refractivity contribution in [1.82, 2.24) is 25.1 Å². The summed E-state index contributed by atoms with van der Waals surface area (Å²) in [5, 5.41) is 9.94. The van der Waals surface area contributed by atoms with Crippen molar-refractivity contribution in [3.8, 4) is 0 Å². The average Bonchev–Trinajstić information content (AvgIpc) is 3.01. The molecule has 0 bridgehead atoms. The van der Waals surface area contributed by atoms with Crippen LogP contribution in [-0.4, -0.2) is 38.2 Å². The number of benzene rings is 1. The van der Waals surface area contributed by atoms with Crippen molar-refractivity contribution in [1.29, 1.82) is 0 Å². The minimum absolute atomic E-state index is 0.158. The van der Waals surface area contributed by atoms with Gasteiger partial charge in [-0.15, -0.1) is 0 Å². The highest BCUT2D eigenvalue weighted by Crippen LogP contribution is 2.19. The van der Waals surface area contributed by atoms with Crippen LogP contribution in [0, 0.1) is 0 Å². The molecule has 1 amide bonds. The van der Waals surface area contributed by atoms with Gasteiger partial charge in [0.15, 0.2) is 0 Å². The number of likely N-dealkylation sites (N-methyl/N-ethyl adjacent to an activating group) is 1. The molecule has 0 fully saturated rings. The number of hydrogen-bond acceptors (Lipinski definition) is 5. The van der Waals surface area contributed by atoms with Gasteiger partial charge in [-0.1, -0.05) is 12.1 Å². The Bertz CT molecular complexity index is 847. The second kappa shape index (κ2) is 7.77. The van der Waals surface area contributed by atoms with Crippen molar-refractivity contribution in [2.75, 3.05) is 14.1 Å². The van der Waals surface area contributed by atoms with Gasteiger partial charge >= 0.3 is 0 Å². The summed E-state index contributed by atoms with van der Waals surface area (Å²) in [5.41, 5.74) is 1.45. The highest BCUT2D eigenvalue weighted by Gasteiger charge is 2.22. The molecule has 3 N–H and O–H groups in total. The number of nitrogens with one attached hydrogen (secondary N) is 3. The molecule has 0 saturated heterocycles. The average molecular weight is 365 g/mol. The first-order valence-corrected chi connectivity index (χ1v) is 9.26. The number of hydrogen-bond donors (Lipinski definition) is 3. The van der Waals surface area contributed by atoms with Crippen molar-refractivity contribution in [2.45, 2.75) is 23.9 Å². The lowest BCUT2D eigenvalue weighted by molar-refractivity contribution is -0.123. The second-order valence-electron chi connectivity index (χ2n) is 5.68. The molecule has 1 aromatic heterocycles. The number of carbonyl (C=O) groups is 1. The van der Waals surface area contributed by atoms with Crippen LogP contribution in [0.5, 0.6) is 0 Å². The summed E-state index contributed by atoms with van der Waals surface area (Å²) in [4.78, 5) is 12.7. The van der Waals surface area contributed by atoms with Crippen LogP contribution in [0.15, 0.2) is 41.6 Å². The summed E-state index contributed by atoms with van der Waals surface area (Å²) in [6, 6.07) is 5.59. The van der Waals surface area contributed by atoms with Crippen molar-refractivity contribution in [3.63, 3.8) is 0 Å². The monoisotopic (exact) mass is 365 g/mol. The van der Waals surface area contributed by atoms with Crippen LogP contribution in [0.3, 0.4) is 0 Å². The summed E-state index contributed by atoms with van der Waals surface area (Å²) in [6.07, 6.45) is 3.40. The Balaban J connectivity index is 2.17. The van der Waals surface area contributed by atoms with Gasteiger partial charge in [-0.3, -0.25) is 9.48 Å². The van der Waals surface area contributed by atoms with E-state index in [2.05, 4.69) is 20.5 Å². The van der Waals surface area contributed by atoms with Gasteiger partial charge in [0, 0.05) is 18.8 Å². The smallest absolute Gasteiger partial charge is 0.242 e. The topological polar surface area (TPSA) is 105 Å². The standard InChI is InChI=1S/C16H23N5O3S/c1-11(12-6-5-7-14(8-12)25(23,24)18-3)20-16(22)15(17-2)13-9-19-21(4)10-13/h5-11,15,17-18H,1-4H3,(H,20,22). The fraction of sp³-hybridized carbons (Fsp3) is 0.375. The van der Waals surface area contributed by atoms with Crippen LogP contribution in [0.1, 0.15) is 30.1 Å². The van der Waals surface area contributed by atoms with Crippen LogP contribution in [0.25, 0.3) is 0 Å². The number of carbonyl (C=O) groups excluding carboxylic acids is 1. The minimum Gasteiger partial charge on any atom is -0.348 e. The summed E-state index contributed by atoms with van der Waals surface area (Å²) in [6.45, 7) is 1.80. The van der Waals surface area contributed by atoms with Gasteiger partial charge < -0.3 is 10.6 Å². The maximum Gasteiger partial charge on any atom is 0.242 e. The maximum absolute atomic E-state index is 12.6. The third-order valence-corrected chi connectivity index (χ3v) is 5.32.